The van der Waals surface area contributed by atoms with E-state index < -0.39 is 47.6 Å². The highest BCUT2D eigenvalue weighted by Crippen LogP contribution is 2.16. The van der Waals surface area contributed by atoms with Crippen LogP contribution in [0.5, 0.6) is 0 Å². The van der Waals surface area contributed by atoms with Crippen molar-refractivity contribution in [3.8, 4) is 0 Å². The largest absolute Gasteiger partial charge is 0.382 e. The van der Waals surface area contributed by atoms with E-state index in [1.165, 1.54) is 38.3 Å². The van der Waals surface area contributed by atoms with Gasteiger partial charge in [0, 0.05) is 24.8 Å². The molecule has 0 saturated heterocycles. The summed E-state index contributed by atoms with van der Waals surface area (Å²) in [4.78, 5) is 23.6. The first kappa shape index (κ1) is 25.4. The molecule has 2 aromatic carbocycles. The Morgan fingerprint density at radius 1 is 0.906 bits per heavy atom. The van der Waals surface area contributed by atoms with Crippen LogP contribution in [0, 0.1) is 0 Å². The number of hydrogen-bond acceptors (Lipinski definition) is 7. The molecule has 0 aromatic heterocycles. The molecule has 0 saturated carbocycles. The predicted molar refractivity (Wildman–Crippen MR) is 110 cm³/mol. The smallest absolute Gasteiger partial charge is 0.332 e. The van der Waals surface area contributed by atoms with Gasteiger partial charge >= 0.3 is 20.4 Å². The standard InChI is InChI=1S/C19H20F2N2O7S2/c1-19(12-30-2,23-18(25)14-6-4-8-16(10-14)32(21,28)29)11-22-17(24)13-5-3-7-15(9-13)31(20,26)27/h3-10H,11-12H2,1-2H3,(H,22,24)(H,23,25). The van der Waals surface area contributed by atoms with Crippen molar-refractivity contribution in [3.05, 3.63) is 59.7 Å². The Morgan fingerprint density at radius 3 is 1.81 bits per heavy atom. The summed E-state index contributed by atoms with van der Waals surface area (Å²) in [5.41, 5.74) is -1.47. The maximum Gasteiger partial charge on any atom is 0.332 e. The third-order valence-corrected chi connectivity index (χ3v) is 5.91. The molecule has 0 heterocycles. The molecule has 2 aromatic rings. The minimum Gasteiger partial charge on any atom is -0.382 e. The Hall–Kier alpha value is -2.90. The molecule has 0 radical (unpaired) electrons. The molecule has 0 aliphatic heterocycles. The summed E-state index contributed by atoms with van der Waals surface area (Å²) < 4.78 is 75.6. The van der Waals surface area contributed by atoms with Crippen molar-refractivity contribution in [1.82, 2.24) is 10.6 Å². The first-order valence-corrected chi connectivity index (χ1v) is 11.7. The Kier molecular flexibility index (Phi) is 7.70. The first-order valence-electron chi connectivity index (χ1n) is 8.94. The maximum absolute atomic E-state index is 13.2. The van der Waals surface area contributed by atoms with Gasteiger partial charge in [-0.15, -0.1) is 7.77 Å². The van der Waals surface area contributed by atoms with Crippen LogP contribution in [0.4, 0.5) is 7.77 Å². The number of benzene rings is 2. The van der Waals surface area contributed by atoms with Crippen LogP contribution in [0.3, 0.4) is 0 Å². The summed E-state index contributed by atoms with van der Waals surface area (Å²) in [6, 6.07) is 8.66. The topological polar surface area (TPSA) is 136 Å². The molecule has 0 aliphatic carbocycles. The summed E-state index contributed by atoms with van der Waals surface area (Å²) in [6.07, 6.45) is 0. The highest BCUT2D eigenvalue weighted by molar-refractivity contribution is 7.86. The van der Waals surface area contributed by atoms with Crippen molar-refractivity contribution < 1.29 is 38.9 Å². The summed E-state index contributed by atoms with van der Waals surface area (Å²) in [7, 11) is -8.66. The lowest BCUT2D eigenvalue weighted by Crippen LogP contribution is -2.56. The van der Waals surface area contributed by atoms with Gasteiger partial charge in [0.15, 0.2) is 0 Å². The molecule has 2 N–H and O–H groups in total. The molecule has 0 aliphatic rings. The minimum atomic E-state index is -5.01. The predicted octanol–water partition coefficient (Wildman–Crippen LogP) is 1.57. The summed E-state index contributed by atoms with van der Waals surface area (Å²) in [5.74, 6) is -1.49. The second kappa shape index (κ2) is 9.71. The van der Waals surface area contributed by atoms with Crippen LogP contribution in [0.1, 0.15) is 27.6 Å². The Morgan fingerprint density at radius 2 is 1.38 bits per heavy atom. The molecule has 9 nitrogen and oxygen atoms in total. The molecule has 174 valence electrons. The fraction of sp³-hybridized carbons (Fsp3) is 0.263. The van der Waals surface area contributed by atoms with Gasteiger partial charge in [0.1, 0.15) is 0 Å². The number of nitrogens with one attached hydrogen (secondary N) is 2. The third-order valence-electron chi connectivity index (χ3n) is 4.27. The highest BCUT2D eigenvalue weighted by Gasteiger charge is 2.28. The lowest BCUT2D eigenvalue weighted by molar-refractivity contribution is 0.0756. The van der Waals surface area contributed by atoms with Crippen LogP contribution in [0.15, 0.2) is 58.3 Å². The van der Waals surface area contributed by atoms with Crippen molar-refractivity contribution in [3.63, 3.8) is 0 Å². The number of carbonyl (C=O) groups is 2. The van der Waals surface area contributed by atoms with E-state index in [-0.39, 0.29) is 24.3 Å². The lowest BCUT2D eigenvalue weighted by Gasteiger charge is -2.30. The van der Waals surface area contributed by atoms with Gasteiger partial charge in [-0.1, -0.05) is 12.1 Å². The number of hydrogen-bond donors (Lipinski definition) is 2. The van der Waals surface area contributed by atoms with E-state index in [2.05, 4.69) is 10.6 Å². The molecule has 2 amide bonds. The van der Waals surface area contributed by atoms with Crippen molar-refractivity contribution in [2.45, 2.75) is 22.3 Å². The zero-order chi connectivity index (χ0) is 24.2. The van der Waals surface area contributed by atoms with Crippen molar-refractivity contribution in [2.24, 2.45) is 0 Å². The monoisotopic (exact) mass is 490 g/mol. The van der Waals surface area contributed by atoms with Crippen LogP contribution in [0.25, 0.3) is 0 Å². The molecule has 13 heteroatoms. The number of halogens is 2. The second-order valence-electron chi connectivity index (χ2n) is 7.06. The van der Waals surface area contributed by atoms with E-state index in [0.717, 1.165) is 24.3 Å². The van der Waals surface area contributed by atoms with Crippen molar-refractivity contribution in [1.29, 1.82) is 0 Å². The van der Waals surface area contributed by atoms with Crippen molar-refractivity contribution >= 4 is 32.3 Å². The summed E-state index contributed by atoms with van der Waals surface area (Å²) in [6.45, 7) is 1.24. The molecule has 0 bridgehead atoms. The minimum absolute atomic E-state index is 0.0843. The normalized spacial score (nSPS) is 13.8. The van der Waals surface area contributed by atoms with Crippen molar-refractivity contribution in [2.75, 3.05) is 20.3 Å². The quantitative estimate of drug-likeness (QED) is 0.509. The van der Waals surface area contributed by atoms with Gasteiger partial charge in [0.05, 0.1) is 21.9 Å². The van der Waals surface area contributed by atoms with Gasteiger partial charge in [-0.25, -0.2) is 0 Å². The molecule has 0 fully saturated rings. The van der Waals surface area contributed by atoms with Gasteiger partial charge in [-0.05, 0) is 43.3 Å². The fourth-order valence-electron chi connectivity index (χ4n) is 2.75. The van der Waals surface area contributed by atoms with Gasteiger partial charge < -0.3 is 15.4 Å². The van der Waals surface area contributed by atoms with Crippen LogP contribution >= 0.6 is 0 Å². The SMILES string of the molecule is COCC(C)(CNC(=O)c1cccc(S(=O)(=O)F)c1)NC(=O)c1cccc(S(=O)(=O)F)c1. The van der Waals surface area contributed by atoms with Gasteiger partial charge in [0.25, 0.3) is 11.8 Å². The lowest BCUT2D eigenvalue weighted by atomic mass is 10.0. The zero-order valence-corrected chi connectivity index (χ0v) is 18.6. The number of carbonyl (C=O) groups excluding carboxylic acids is 2. The van der Waals surface area contributed by atoms with Crippen LogP contribution in [0.2, 0.25) is 0 Å². The van der Waals surface area contributed by atoms with E-state index in [9.17, 15) is 34.2 Å². The number of amides is 2. The van der Waals surface area contributed by atoms with Gasteiger partial charge in [0.2, 0.25) is 0 Å². The average molecular weight is 491 g/mol. The van der Waals surface area contributed by atoms with E-state index in [1.807, 2.05) is 0 Å². The molecule has 32 heavy (non-hydrogen) atoms. The maximum atomic E-state index is 13.2. The molecular formula is C19H20F2N2O7S2. The number of rotatable bonds is 9. The fourth-order valence-corrected chi connectivity index (χ4v) is 3.77. The van der Waals surface area contributed by atoms with Crippen LogP contribution in [-0.4, -0.2) is 54.5 Å². The Labute approximate surface area is 184 Å². The molecule has 1 unspecified atom stereocenters. The van der Waals surface area contributed by atoms with Gasteiger partial charge in [-0.3, -0.25) is 9.59 Å². The third kappa shape index (κ3) is 6.80. The van der Waals surface area contributed by atoms with E-state index >= 15 is 0 Å². The van der Waals surface area contributed by atoms with Crippen LogP contribution in [-0.2, 0) is 25.2 Å². The highest BCUT2D eigenvalue weighted by atomic mass is 32.3. The van der Waals surface area contributed by atoms with E-state index in [4.69, 9.17) is 4.74 Å². The van der Waals surface area contributed by atoms with E-state index in [0.29, 0.717) is 0 Å². The average Bonchev–Trinajstić information content (AvgIpc) is 2.71. The molecule has 0 spiro atoms. The Balaban J connectivity index is 2.17. The summed E-state index contributed by atoms with van der Waals surface area (Å²) >= 11 is 0. The molecule has 2 rings (SSSR count). The molecule has 1 atom stereocenters. The zero-order valence-electron chi connectivity index (χ0n) is 17.0. The summed E-state index contributed by atoms with van der Waals surface area (Å²) in [5, 5.41) is 5.07. The Bertz CT molecular complexity index is 1230. The van der Waals surface area contributed by atoms with Crippen LogP contribution < -0.4 is 10.6 Å². The molecular weight excluding hydrogens is 470 g/mol. The second-order valence-corrected chi connectivity index (χ2v) is 9.76. The number of ether oxygens (including phenoxy) is 1. The first-order chi connectivity index (χ1) is 14.7. The number of methoxy groups -OCH3 is 1. The van der Waals surface area contributed by atoms with E-state index in [1.54, 1.807) is 0 Å². The van der Waals surface area contributed by atoms with Gasteiger partial charge in [-0.2, -0.15) is 16.8 Å².